The number of nitrogens with zero attached hydrogens (tertiary/aromatic N) is 4. The molecule has 0 amide bonds. The maximum absolute atomic E-state index is 13.4. The van der Waals surface area contributed by atoms with Gasteiger partial charge in [0.2, 0.25) is 11.7 Å². The third kappa shape index (κ3) is 4.42. The van der Waals surface area contributed by atoms with E-state index in [-0.39, 0.29) is 5.56 Å². The van der Waals surface area contributed by atoms with E-state index in [4.69, 9.17) is 19.0 Å². The van der Waals surface area contributed by atoms with Gasteiger partial charge in [0.1, 0.15) is 10.6 Å². The van der Waals surface area contributed by atoms with E-state index < -0.39 is 0 Å². The van der Waals surface area contributed by atoms with Crippen LogP contribution in [0.3, 0.4) is 0 Å². The largest absolute Gasteiger partial charge is 0.497 e. The number of methoxy groups -OCH3 is 2. The van der Waals surface area contributed by atoms with Gasteiger partial charge in [-0.15, -0.1) is 11.3 Å². The third-order valence-corrected chi connectivity index (χ3v) is 7.83. The number of aryl methyl sites for hydroxylation is 2. The van der Waals surface area contributed by atoms with Gasteiger partial charge in [-0.3, -0.25) is 9.36 Å². The molecule has 0 saturated carbocycles. The highest BCUT2D eigenvalue weighted by Gasteiger charge is 2.22. The minimum atomic E-state index is 0.0153. The van der Waals surface area contributed by atoms with Crippen LogP contribution in [0.2, 0.25) is 0 Å². The number of hydrogen-bond donors (Lipinski definition) is 0. The lowest BCUT2D eigenvalue weighted by molar-refractivity contribution is 0.183. The molecule has 1 aliphatic rings. The van der Waals surface area contributed by atoms with E-state index in [9.17, 15) is 4.79 Å². The maximum atomic E-state index is 13.4. The summed E-state index contributed by atoms with van der Waals surface area (Å²) in [6.45, 7) is 0.887. The van der Waals surface area contributed by atoms with Crippen molar-refractivity contribution in [3.8, 4) is 17.1 Å². The predicted molar refractivity (Wildman–Crippen MR) is 128 cm³/mol. The van der Waals surface area contributed by atoms with Crippen LogP contribution in [0.15, 0.2) is 38.7 Å². The molecule has 33 heavy (non-hydrogen) atoms. The molecule has 1 aliphatic carbocycles. The lowest BCUT2D eigenvalue weighted by Crippen LogP contribution is -2.25. The van der Waals surface area contributed by atoms with E-state index in [0.717, 1.165) is 40.8 Å². The van der Waals surface area contributed by atoms with Gasteiger partial charge in [-0.2, -0.15) is 4.98 Å². The highest BCUT2D eigenvalue weighted by molar-refractivity contribution is 7.98. The maximum Gasteiger partial charge on any atom is 0.263 e. The van der Waals surface area contributed by atoms with Crippen molar-refractivity contribution in [1.29, 1.82) is 0 Å². The Labute approximate surface area is 198 Å². The zero-order valence-electron chi connectivity index (χ0n) is 18.5. The molecule has 0 spiro atoms. The van der Waals surface area contributed by atoms with Gasteiger partial charge in [0.05, 0.1) is 31.4 Å². The molecule has 5 rings (SSSR count). The minimum Gasteiger partial charge on any atom is -0.497 e. The highest BCUT2D eigenvalue weighted by Crippen LogP contribution is 2.35. The average Bonchev–Trinajstić information content (AvgIpc) is 3.47. The topological polar surface area (TPSA) is 92.3 Å². The molecule has 0 aliphatic heterocycles. The van der Waals surface area contributed by atoms with Crippen molar-refractivity contribution >= 4 is 33.3 Å². The molecule has 172 valence electrons. The van der Waals surface area contributed by atoms with E-state index in [1.165, 1.54) is 28.6 Å². The number of thioether (sulfide) groups is 1. The van der Waals surface area contributed by atoms with E-state index in [2.05, 4.69) is 10.1 Å². The first kappa shape index (κ1) is 22.1. The summed E-state index contributed by atoms with van der Waals surface area (Å²) in [6, 6.07) is 7.51. The molecule has 0 N–H and O–H groups in total. The number of rotatable bonds is 8. The Morgan fingerprint density at radius 1 is 1.21 bits per heavy atom. The predicted octanol–water partition coefficient (Wildman–Crippen LogP) is 4.33. The molecule has 0 fully saturated rings. The van der Waals surface area contributed by atoms with Crippen LogP contribution in [0.5, 0.6) is 5.75 Å². The quantitative estimate of drug-likeness (QED) is 0.269. The summed E-state index contributed by atoms with van der Waals surface area (Å²) in [5, 5.41) is 5.52. The van der Waals surface area contributed by atoms with Crippen LogP contribution in [0.4, 0.5) is 0 Å². The molecule has 3 aromatic heterocycles. The van der Waals surface area contributed by atoms with Gasteiger partial charge in [-0.1, -0.05) is 29.1 Å². The first-order valence-electron chi connectivity index (χ1n) is 10.8. The Balaban J connectivity index is 1.43. The van der Waals surface area contributed by atoms with Crippen molar-refractivity contribution in [3.63, 3.8) is 0 Å². The third-order valence-electron chi connectivity index (χ3n) is 5.68. The lowest BCUT2D eigenvalue weighted by atomic mass is 9.97. The molecular formula is C23H24N4O4S2. The standard InChI is InChI=1S/C23H24N4O4S2/c1-29-11-10-27-22(28)19-16-8-3-4-9-17(16)33-21(19)25-23(27)32-13-18-24-20(26-31-18)14-6-5-7-15(12-14)30-2/h5-7,12H,3-4,8-11,13H2,1-2H3. The van der Waals surface area contributed by atoms with Crippen LogP contribution in [0.1, 0.15) is 29.2 Å². The zero-order valence-corrected chi connectivity index (χ0v) is 20.1. The van der Waals surface area contributed by atoms with Gasteiger partial charge < -0.3 is 14.0 Å². The van der Waals surface area contributed by atoms with Crippen LogP contribution in [0, 0.1) is 0 Å². The van der Waals surface area contributed by atoms with Gasteiger partial charge in [0.25, 0.3) is 5.56 Å². The van der Waals surface area contributed by atoms with Gasteiger partial charge >= 0.3 is 0 Å². The Morgan fingerprint density at radius 2 is 2.09 bits per heavy atom. The number of hydrogen-bond acceptors (Lipinski definition) is 9. The lowest BCUT2D eigenvalue weighted by Gasteiger charge is -2.12. The summed E-state index contributed by atoms with van der Waals surface area (Å²) < 4.78 is 17.7. The summed E-state index contributed by atoms with van der Waals surface area (Å²) in [6.07, 6.45) is 4.29. The molecule has 0 radical (unpaired) electrons. The Hall–Kier alpha value is -2.69. The highest BCUT2D eigenvalue weighted by atomic mass is 32.2. The van der Waals surface area contributed by atoms with Crippen molar-refractivity contribution in [2.75, 3.05) is 20.8 Å². The summed E-state index contributed by atoms with van der Waals surface area (Å²) in [5.74, 6) is 2.10. The molecule has 4 aromatic rings. The second-order valence-electron chi connectivity index (χ2n) is 7.77. The van der Waals surface area contributed by atoms with E-state index in [1.54, 1.807) is 30.1 Å². The fraction of sp³-hybridized carbons (Fsp3) is 0.391. The van der Waals surface area contributed by atoms with Crippen molar-refractivity contribution in [1.82, 2.24) is 19.7 Å². The Morgan fingerprint density at radius 3 is 2.94 bits per heavy atom. The molecule has 1 aromatic carbocycles. The number of fused-ring (bicyclic) bond motifs is 3. The van der Waals surface area contributed by atoms with Crippen LogP contribution >= 0.6 is 23.1 Å². The second-order valence-corrected chi connectivity index (χ2v) is 9.79. The van der Waals surface area contributed by atoms with Crippen LogP contribution < -0.4 is 10.3 Å². The summed E-state index contributed by atoms with van der Waals surface area (Å²) in [5.41, 5.74) is 2.03. The second kappa shape index (κ2) is 9.66. The number of ether oxygens (including phenoxy) is 2. The normalized spacial score (nSPS) is 13.4. The fourth-order valence-corrected chi connectivity index (χ4v) is 6.19. The van der Waals surface area contributed by atoms with Gasteiger partial charge in [0, 0.05) is 17.6 Å². The molecular weight excluding hydrogens is 460 g/mol. The summed E-state index contributed by atoms with van der Waals surface area (Å²) in [7, 11) is 3.25. The molecule has 8 nitrogen and oxygen atoms in total. The first-order valence-corrected chi connectivity index (χ1v) is 12.6. The van der Waals surface area contributed by atoms with Crippen molar-refractivity contribution < 1.29 is 14.0 Å². The number of aromatic nitrogens is 4. The number of thiophene rings is 1. The summed E-state index contributed by atoms with van der Waals surface area (Å²) >= 11 is 3.08. The molecule has 0 bridgehead atoms. The van der Waals surface area contributed by atoms with Crippen LogP contribution in [-0.2, 0) is 29.9 Å². The van der Waals surface area contributed by atoms with E-state index >= 15 is 0 Å². The molecule has 0 atom stereocenters. The van der Waals surface area contributed by atoms with Crippen molar-refractivity contribution in [2.24, 2.45) is 0 Å². The van der Waals surface area contributed by atoms with Gasteiger partial charge in [0.15, 0.2) is 5.16 Å². The molecule has 3 heterocycles. The Bertz CT molecular complexity index is 1340. The van der Waals surface area contributed by atoms with E-state index in [0.29, 0.717) is 35.8 Å². The first-order chi connectivity index (χ1) is 16.2. The number of benzene rings is 1. The van der Waals surface area contributed by atoms with Gasteiger partial charge in [-0.05, 0) is 43.4 Å². The van der Waals surface area contributed by atoms with E-state index in [1.807, 2.05) is 24.3 Å². The molecule has 0 saturated heterocycles. The summed E-state index contributed by atoms with van der Waals surface area (Å²) in [4.78, 5) is 25.0. The SMILES string of the molecule is COCCn1c(SCc2nc(-c3cccc(OC)c3)no2)nc2sc3c(c2c1=O)CCCC3. The fourth-order valence-electron chi connectivity index (χ4n) is 4.03. The molecule has 10 heteroatoms. The zero-order chi connectivity index (χ0) is 22.8. The van der Waals surface area contributed by atoms with Crippen molar-refractivity contribution in [2.45, 2.75) is 43.1 Å². The Kier molecular flexibility index (Phi) is 6.48. The minimum absolute atomic E-state index is 0.0153. The smallest absolute Gasteiger partial charge is 0.263 e. The molecule has 0 unspecified atom stereocenters. The monoisotopic (exact) mass is 484 g/mol. The van der Waals surface area contributed by atoms with Crippen LogP contribution in [-0.4, -0.2) is 40.5 Å². The average molecular weight is 485 g/mol. The van der Waals surface area contributed by atoms with Gasteiger partial charge in [-0.25, -0.2) is 4.98 Å². The van der Waals surface area contributed by atoms with Crippen LogP contribution in [0.25, 0.3) is 21.6 Å². The van der Waals surface area contributed by atoms with Crippen molar-refractivity contribution in [3.05, 3.63) is 51.0 Å².